The normalized spacial score (nSPS) is 13.8. The number of benzene rings is 6. The molecular formula is C41H24N2. The van der Waals surface area contributed by atoms with Crippen LogP contribution >= 0.6 is 0 Å². The van der Waals surface area contributed by atoms with E-state index in [2.05, 4.69) is 127 Å². The van der Waals surface area contributed by atoms with Crippen LogP contribution in [0, 0.1) is 0 Å². The van der Waals surface area contributed by atoms with Gasteiger partial charge in [-0.3, -0.25) is 9.97 Å². The molecule has 2 heteroatoms. The molecule has 0 fully saturated rings. The summed E-state index contributed by atoms with van der Waals surface area (Å²) in [4.78, 5) is 9.52. The van der Waals surface area contributed by atoms with E-state index in [1.165, 1.54) is 66.4 Å². The summed E-state index contributed by atoms with van der Waals surface area (Å²) in [6.45, 7) is 0. The Balaban J connectivity index is 1.37. The molecule has 2 aromatic heterocycles. The molecule has 2 aliphatic rings. The molecule has 6 aromatic carbocycles. The largest absolute Gasteiger partial charge is 0.254 e. The SMILES string of the molecule is c1ccc2c(c1)-c1ccccc1C21c2ccccc2-c2cccc3c(-c4ccnc5c4ccc4cccnc45)ccc1c23. The number of rotatable bonds is 1. The zero-order valence-corrected chi connectivity index (χ0v) is 23.3. The number of hydrogen-bond acceptors (Lipinski definition) is 2. The Morgan fingerprint density at radius 2 is 0.977 bits per heavy atom. The van der Waals surface area contributed by atoms with E-state index in [4.69, 9.17) is 9.97 Å². The highest BCUT2D eigenvalue weighted by atomic mass is 14.7. The van der Waals surface area contributed by atoms with Crippen molar-refractivity contribution in [2.45, 2.75) is 5.41 Å². The molecule has 0 radical (unpaired) electrons. The second-order valence-electron chi connectivity index (χ2n) is 11.7. The molecule has 1 spiro atoms. The van der Waals surface area contributed by atoms with Gasteiger partial charge in [-0.2, -0.15) is 0 Å². The molecular weight excluding hydrogens is 520 g/mol. The number of aromatic nitrogens is 2. The van der Waals surface area contributed by atoms with Crippen molar-refractivity contribution in [3.8, 4) is 33.4 Å². The second kappa shape index (κ2) is 8.24. The van der Waals surface area contributed by atoms with Gasteiger partial charge in [0, 0.05) is 23.2 Å². The molecule has 2 heterocycles. The first-order valence-electron chi connectivity index (χ1n) is 14.8. The van der Waals surface area contributed by atoms with Gasteiger partial charge in [0.05, 0.1) is 16.4 Å². The topological polar surface area (TPSA) is 25.8 Å². The molecule has 8 aromatic rings. The standard InChI is InChI=1S/C41H24N2/c1-4-15-34-28(10-1)29-11-2-5-16-35(29)41(34)36-17-6-3-12-30(36)32-14-7-13-31-26(20-21-37(41)38(31)32)27-22-24-43-40-33(27)19-18-25-9-8-23-42-39(25)40/h1-24H. The van der Waals surface area contributed by atoms with E-state index >= 15 is 0 Å². The number of fused-ring (bicyclic) bond motifs is 12. The van der Waals surface area contributed by atoms with Gasteiger partial charge in [-0.05, 0) is 78.5 Å². The van der Waals surface area contributed by atoms with Crippen molar-refractivity contribution in [3.05, 3.63) is 168 Å². The molecule has 0 atom stereocenters. The van der Waals surface area contributed by atoms with E-state index in [1.54, 1.807) is 0 Å². The van der Waals surface area contributed by atoms with Crippen molar-refractivity contribution < 1.29 is 0 Å². The van der Waals surface area contributed by atoms with Crippen LogP contribution in [0.5, 0.6) is 0 Å². The minimum absolute atomic E-state index is 0.394. The van der Waals surface area contributed by atoms with Crippen LogP contribution in [-0.4, -0.2) is 9.97 Å². The van der Waals surface area contributed by atoms with Gasteiger partial charge in [0.2, 0.25) is 0 Å². The average Bonchev–Trinajstić information content (AvgIpc) is 3.37. The first-order chi connectivity index (χ1) is 21.4. The fraction of sp³-hybridized carbons (Fsp3) is 0.0244. The number of pyridine rings is 2. The fourth-order valence-corrected chi connectivity index (χ4v) is 8.17. The van der Waals surface area contributed by atoms with Gasteiger partial charge in [-0.1, -0.05) is 121 Å². The summed E-state index contributed by atoms with van der Waals surface area (Å²) in [5.74, 6) is 0. The van der Waals surface area contributed by atoms with Crippen LogP contribution in [0.15, 0.2) is 146 Å². The molecule has 2 nitrogen and oxygen atoms in total. The maximum atomic E-state index is 4.81. The van der Waals surface area contributed by atoms with E-state index in [-0.39, 0.29) is 0 Å². The average molecular weight is 545 g/mol. The van der Waals surface area contributed by atoms with Crippen molar-refractivity contribution >= 4 is 32.6 Å². The Labute approximate surface area is 248 Å². The van der Waals surface area contributed by atoms with E-state index in [1.807, 2.05) is 18.5 Å². The summed E-state index contributed by atoms with van der Waals surface area (Å²) in [7, 11) is 0. The van der Waals surface area contributed by atoms with E-state index in [0.29, 0.717) is 0 Å². The molecule has 0 amide bonds. The van der Waals surface area contributed by atoms with Crippen LogP contribution in [0.4, 0.5) is 0 Å². The van der Waals surface area contributed by atoms with Crippen molar-refractivity contribution in [1.29, 1.82) is 0 Å². The molecule has 0 saturated heterocycles. The molecule has 0 saturated carbocycles. The lowest BCUT2D eigenvalue weighted by Crippen LogP contribution is -2.31. The Morgan fingerprint density at radius 1 is 0.349 bits per heavy atom. The highest BCUT2D eigenvalue weighted by Gasteiger charge is 2.49. The predicted molar refractivity (Wildman–Crippen MR) is 176 cm³/mol. The summed E-state index contributed by atoms with van der Waals surface area (Å²) < 4.78 is 0. The number of nitrogens with zero attached hydrogens (tertiary/aromatic N) is 2. The monoisotopic (exact) mass is 544 g/mol. The molecule has 198 valence electrons. The summed E-state index contributed by atoms with van der Waals surface area (Å²) in [5, 5.41) is 4.82. The molecule has 10 rings (SSSR count). The maximum absolute atomic E-state index is 4.81. The van der Waals surface area contributed by atoms with Crippen molar-refractivity contribution in [3.63, 3.8) is 0 Å². The third-order valence-corrected chi connectivity index (χ3v) is 9.79. The highest BCUT2D eigenvalue weighted by Crippen LogP contribution is 2.62. The van der Waals surface area contributed by atoms with Gasteiger partial charge < -0.3 is 0 Å². The van der Waals surface area contributed by atoms with Crippen LogP contribution in [0.1, 0.15) is 22.3 Å². The Morgan fingerprint density at radius 3 is 1.72 bits per heavy atom. The minimum Gasteiger partial charge on any atom is -0.254 e. The first kappa shape index (κ1) is 23.0. The van der Waals surface area contributed by atoms with Crippen LogP contribution in [0.25, 0.3) is 66.0 Å². The van der Waals surface area contributed by atoms with Gasteiger partial charge >= 0.3 is 0 Å². The quantitative estimate of drug-likeness (QED) is 0.192. The van der Waals surface area contributed by atoms with E-state index < -0.39 is 5.41 Å². The van der Waals surface area contributed by atoms with Crippen molar-refractivity contribution in [2.75, 3.05) is 0 Å². The van der Waals surface area contributed by atoms with Crippen molar-refractivity contribution in [2.24, 2.45) is 0 Å². The summed E-state index contributed by atoms with van der Waals surface area (Å²) in [6, 6.07) is 49.2. The van der Waals surface area contributed by atoms with Gasteiger partial charge in [-0.25, -0.2) is 0 Å². The minimum atomic E-state index is -0.394. The maximum Gasteiger partial charge on any atom is 0.0970 e. The zero-order chi connectivity index (χ0) is 28.1. The lowest BCUT2D eigenvalue weighted by Gasteiger charge is -2.40. The Bertz CT molecular complexity index is 2430. The summed E-state index contributed by atoms with van der Waals surface area (Å²) in [6.07, 6.45) is 3.79. The highest BCUT2D eigenvalue weighted by molar-refractivity contribution is 6.15. The van der Waals surface area contributed by atoms with E-state index in [9.17, 15) is 0 Å². The zero-order valence-electron chi connectivity index (χ0n) is 23.3. The predicted octanol–water partition coefficient (Wildman–Crippen LogP) is 9.95. The summed E-state index contributed by atoms with van der Waals surface area (Å²) in [5.41, 5.74) is 14.6. The third kappa shape index (κ3) is 2.78. The first-order valence-corrected chi connectivity index (χ1v) is 14.8. The Hall–Kier alpha value is -5.60. The second-order valence-corrected chi connectivity index (χ2v) is 11.7. The van der Waals surface area contributed by atoms with Crippen molar-refractivity contribution in [1.82, 2.24) is 9.97 Å². The van der Waals surface area contributed by atoms with Crippen LogP contribution < -0.4 is 0 Å². The lowest BCUT2D eigenvalue weighted by atomic mass is 9.61. The number of hydrogen-bond donors (Lipinski definition) is 0. The molecule has 2 aliphatic carbocycles. The molecule has 0 aliphatic heterocycles. The molecule has 0 unspecified atom stereocenters. The van der Waals surface area contributed by atoms with Gasteiger partial charge in [0.1, 0.15) is 0 Å². The summed E-state index contributed by atoms with van der Waals surface area (Å²) >= 11 is 0. The third-order valence-electron chi connectivity index (χ3n) is 9.79. The molecule has 0 bridgehead atoms. The van der Waals surface area contributed by atoms with E-state index in [0.717, 1.165) is 21.8 Å². The molecule has 43 heavy (non-hydrogen) atoms. The Kier molecular flexibility index (Phi) is 4.41. The fourth-order valence-electron chi connectivity index (χ4n) is 8.17. The molecule has 0 N–H and O–H groups in total. The smallest absolute Gasteiger partial charge is 0.0970 e. The van der Waals surface area contributed by atoms with Gasteiger partial charge in [-0.15, -0.1) is 0 Å². The van der Waals surface area contributed by atoms with Crippen LogP contribution in [-0.2, 0) is 5.41 Å². The van der Waals surface area contributed by atoms with Crippen LogP contribution in [0.3, 0.4) is 0 Å². The lowest BCUT2D eigenvalue weighted by molar-refractivity contribution is 0.773. The van der Waals surface area contributed by atoms with Gasteiger partial charge in [0.25, 0.3) is 0 Å². The van der Waals surface area contributed by atoms with Gasteiger partial charge in [0.15, 0.2) is 0 Å². The van der Waals surface area contributed by atoms with Crippen LogP contribution in [0.2, 0.25) is 0 Å².